The van der Waals surface area contributed by atoms with Crippen LogP contribution in [0.1, 0.15) is 109 Å². The van der Waals surface area contributed by atoms with Gasteiger partial charge < -0.3 is 14.7 Å². The number of carboxylic acid groups (broad SMARTS) is 1. The van der Waals surface area contributed by atoms with E-state index in [1.807, 2.05) is 0 Å². The maximum absolute atomic E-state index is 15.1. The number of aliphatic carboxylic acids is 1. The molecule has 202 valence electrons. The van der Waals surface area contributed by atoms with Crippen molar-refractivity contribution >= 4 is 11.9 Å². The lowest BCUT2D eigenvalue weighted by Crippen LogP contribution is -2.48. The second kappa shape index (κ2) is 10.9. The zero-order chi connectivity index (χ0) is 22.0. The quantitative estimate of drug-likeness (QED) is 0.433. The largest absolute Gasteiger partial charge is 0.493 e. The second-order valence-corrected chi connectivity index (χ2v) is 11.0. The summed E-state index contributed by atoms with van der Waals surface area (Å²) in [5, 5.41) is 9.36. The van der Waals surface area contributed by atoms with Crippen LogP contribution >= 0.6 is 0 Å². The molecule has 0 radical (unpaired) electrons. The maximum Gasteiger partial charge on any atom is 0.352 e. The van der Waals surface area contributed by atoms with Gasteiger partial charge in [0.15, 0.2) is 0 Å². The molecule has 5 saturated carbocycles. The van der Waals surface area contributed by atoms with Gasteiger partial charge in [-0.25, -0.2) is 9.18 Å². The van der Waals surface area contributed by atoms with E-state index >= 15 is 4.39 Å². The van der Waals surface area contributed by atoms with Crippen molar-refractivity contribution in [2.24, 2.45) is 23.2 Å². The van der Waals surface area contributed by atoms with Crippen LogP contribution in [-0.2, 0) is 4.79 Å². The molecular weight excluding hydrogens is 457 g/mol. The molecule has 7 rings (SSSR count). The molecule has 1 heterocycles. The van der Waals surface area contributed by atoms with Crippen molar-refractivity contribution in [3.63, 3.8) is 0 Å². The number of ether oxygens (including phenoxy) is 1. The van der Waals surface area contributed by atoms with Crippen molar-refractivity contribution in [1.82, 2.24) is 4.90 Å². The Morgan fingerprint density at radius 2 is 1.58 bits per heavy atom. The molecule has 5 fully saturated rings. The first-order valence-electron chi connectivity index (χ1n) is 12.1. The summed E-state index contributed by atoms with van der Waals surface area (Å²) in [6.45, 7) is 0.907. The lowest BCUT2D eigenvalue weighted by Gasteiger charge is -2.56. The average molecular weight is 504 g/mol. The third-order valence-electron chi connectivity index (χ3n) is 8.49. The van der Waals surface area contributed by atoms with E-state index in [1.54, 1.807) is 6.07 Å². The number of nitrogens with zero attached hydrogens (tertiary/aromatic N) is 1. The lowest BCUT2D eigenvalue weighted by atomic mass is 9.50. The predicted octanol–water partition coefficient (Wildman–Crippen LogP) is 7.66. The summed E-state index contributed by atoms with van der Waals surface area (Å²) < 4.78 is 21.5. The standard InChI is InChI=1S/C26H30FNO4.4CH4/c27-21-10-23(32-14-26-11-15-6-16(12-26)8-17(7-15)13-26)19(18-3-4-18)9-20(21)24(29)28-5-1-2-22(28)25(30)31;;;;/h2,9-10,15-18H,1,3-8,11-14H2,(H,30,31);4*1H4. The minimum absolute atomic E-state index is 0. The zero-order valence-corrected chi connectivity index (χ0v) is 18.3. The molecule has 0 saturated heterocycles. The summed E-state index contributed by atoms with van der Waals surface area (Å²) in [5.74, 6) is 1.01. The van der Waals surface area contributed by atoms with Crippen molar-refractivity contribution < 1.29 is 23.8 Å². The Morgan fingerprint density at radius 1 is 1.00 bits per heavy atom. The average Bonchev–Trinajstić information content (AvgIpc) is 3.45. The molecule has 0 spiro atoms. The van der Waals surface area contributed by atoms with Gasteiger partial charge in [-0.3, -0.25) is 4.79 Å². The van der Waals surface area contributed by atoms with Crippen molar-refractivity contribution in [2.75, 3.05) is 13.2 Å². The number of benzene rings is 1. The number of hydrogen-bond donors (Lipinski definition) is 1. The summed E-state index contributed by atoms with van der Waals surface area (Å²) in [4.78, 5) is 25.6. The fraction of sp³-hybridized carbons (Fsp3) is 0.667. The van der Waals surface area contributed by atoms with E-state index in [1.165, 1.54) is 55.6 Å². The van der Waals surface area contributed by atoms with E-state index in [2.05, 4.69) is 0 Å². The van der Waals surface area contributed by atoms with Crippen LogP contribution in [0.4, 0.5) is 4.39 Å². The number of rotatable bonds is 6. The van der Waals surface area contributed by atoms with Gasteiger partial charge in [0.1, 0.15) is 17.3 Å². The van der Waals surface area contributed by atoms with E-state index in [0.29, 0.717) is 24.7 Å². The highest BCUT2D eigenvalue weighted by atomic mass is 19.1. The van der Waals surface area contributed by atoms with Gasteiger partial charge in [0.25, 0.3) is 5.91 Å². The number of carbonyl (C=O) groups is 2. The summed E-state index contributed by atoms with van der Waals surface area (Å²) in [5.41, 5.74) is 1.02. The number of hydrogen-bond acceptors (Lipinski definition) is 3. The summed E-state index contributed by atoms with van der Waals surface area (Å²) in [6.07, 6.45) is 11.8. The number of carboxylic acids is 1. The first-order valence-corrected chi connectivity index (χ1v) is 12.1. The van der Waals surface area contributed by atoms with Gasteiger partial charge in [-0.1, -0.05) is 35.8 Å². The fourth-order valence-corrected chi connectivity index (χ4v) is 7.39. The highest BCUT2D eigenvalue weighted by molar-refractivity contribution is 6.01. The van der Waals surface area contributed by atoms with Crippen molar-refractivity contribution in [2.45, 2.75) is 93.4 Å². The van der Waals surface area contributed by atoms with Crippen LogP contribution in [0.5, 0.6) is 5.75 Å². The van der Waals surface area contributed by atoms with Crippen molar-refractivity contribution in [1.29, 1.82) is 0 Å². The summed E-state index contributed by atoms with van der Waals surface area (Å²) in [6, 6.07) is 3.00. The van der Waals surface area contributed by atoms with Crippen LogP contribution in [0, 0.1) is 29.0 Å². The molecule has 1 amide bonds. The highest BCUT2D eigenvalue weighted by Gasteiger charge is 2.51. The van der Waals surface area contributed by atoms with E-state index in [-0.39, 0.29) is 52.9 Å². The molecule has 0 unspecified atom stereocenters. The Balaban J connectivity index is 0.00000114. The third-order valence-corrected chi connectivity index (χ3v) is 8.49. The molecule has 0 aromatic heterocycles. The first-order chi connectivity index (χ1) is 15.4. The molecule has 4 bridgehead atoms. The highest BCUT2D eigenvalue weighted by Crippen LogP contribution is 2.60. The topological polar surface area (TPSA) is 66.8 Å². The predicted molar refractivity (Wildman–Crippen MR) is 143 cm³/mol. The molecule has 1 aliphatic heterocycles. The van der Waals surface area contributed by atoms with Crippen molar-refractivity contribution in [3.05, 3.63) is 40.8 Å². The van der Waals surface area contributed by atoms with Gasteiger partial charge in [0, 0.05) is 18.0 Å². The molecule has 6 heteroatoms. The number of amides is 1. The maximum atomic E-state index is 15.1. The molecule has 36 heavy (non-hydrogen) atoms. The fourth-order valence-electron chi connectivity index (χ4n) is 7.39. The van der Waals surface area contributed by atoms with E-state index < -0.39 is 17.7 Å². The van der Waals surface area contributed by atoms with Gasteiger partial charge >= 0.3 is 5.97 Å². The van der Waals surface area contributed by atoms with Gasteiger partial charge in [0.2, 0.25) is 0 Å². The SMILES string of the molecule is C.C.C.C.O=C(O)C1=CCCN1C(=O)c1cc(C2CC2)c(OCC23CC4CC(CC(C4)C2)C3)cc1F. The van der Waals surface area contributed by atoms with Crippen molar-refractivity contribution in [3.8, 4) is 5.75 Å². The third kappa shape index (κ3) is 5.19. The minimum Gasteiger partial charge on any atom is -0.493 e. The van der Waals surface area contributed by atoms with E-state index in [9.17, 15) is 14.7 Å². The molecule has 0 atom stereocenters. The van der Waals surface area contributed by atoms with Gasteiger partial charge in [0.05, 0.1) is 12.2 Å². The zero-order valence-electron chi connectivity index (χ0n) is 18.3. The van der Waals surface area contributed by atoms with Crippen LogP contribution in [0.3, 0.4) is 0 Å². The number of carbonyl (C=O) groups excluding carboxylic acids is 1. The molecule has 5 aliphatic carbocycles. The van der Waals surface area contributed by atoms with Gasteiger partial charge in [-0.15, -0.1) is 0 Å². The molecule has 5 nitrogen and oxygen atoms in total. The smallest absolute Gasteiger partial charge is 0.352 e. The normalized spacial score (nSPS) is 29.2. The minimum atomic E-state index is -1.16. The van der Waals surface area contributed by atoms with Crippen LogP contribution in [0.25, 0.3) is 0 Å². The van der Waals surface area contributed by atoms with Gasteiger partial charge in [-0.05, 0) is 93.1 Å². The van der Waals surface area contributed by atoms with Crippen LogP contribution < -0.4 is 4.74 Å². The second-order valence-electron chi connectivity index (χ2n) is 11.0. The summed E-state index contributed by atoms with van der Waals surface area (Å²) >= 11 is 0. The monoisotopic (exact) mass is 503 g/mol. The Morgan fingerprint density at radius 3 is 2.11 bits per heavy atom. The Bertz CT molecular complexity index is 977. The van der Waals surface area contributed by atoms with Crippen LogP contribution in [0.2, 0.25) is 0 Å². The molecule has 1 aromatic carbocycles. The molecule has 1 aromatic rings. The van der Waals surface area contributed by atoms with Crippen LogP contribution in [0.15, 0.2) is 23.9 Å². The Kier molecular flexibility index (Phi) is 9.07. The summed E-state index contributed by atoms with van der Waals surface area (Å²) in [7, 11) is 0. The Hall–Kier alpha value is -2.37. The first kappa shape index (κ1) is 29.9. The Labute approximate surface area is 217 Å². The molecule has 1 N–H and O–H groups in total. The molecule has 6 aliphatic rings. The lowest BCUT2D eigenvalue weighted by molar-refractivity contribution is -0.134. The van der Waals surface area contributed by atoms with E-state index in [0.717, 1.165) is 36.2 Å². The number of halogens is 1. The molecular formula is C30H46FNO4. The van der Waals surface area contributed by atoms with Gasteiger partial charge in [-0.2, -0.15) is 0 Å². The van der Waals surface area contributed by atoms with Crippen LogP contribution in [-0.4, -0.2) is 35.0 Å². The van der Waals surface area contributed by atoms with E-state index in [4.69, 9.17) is 4.74 Å².